The zero-order valence-electron chi connectivity index (χ0n) is 16.5. The first-order valence-corrected chi connectivity index (χ1v) is 10.7. The van der Waals surface area contributed by atoms with Crippen molar-refractivity contribution in [2.75, 3.05) is 20.1 Å². The first-order chi connectivity index (χ1) is 13.2. The molecule has 7 heteroatoms. The lowest BCUT2D eigenvalue weighted by Gasteiger charge is -2.36. The molecule has 0 aromatic heterocycles. The lowest BCUT2D eigenvalue weighted by Crippen LogP contribution is -2.50. The van der Waals surface area contributed by atoms with E-state index in [0.717, 1.165) is 31.3 Å². The van der Waals surface area contributed by atoms with Crippen LogP contribution < -0.4 is 10.6 Å². The van der Waals surface area contributed by atoms with Crippen molar-refractivity contribution in [2.45, 2.75) is 69.0 Å². The van der Waals surface area contributed by atoms with Gasteiger partial charge < -0.3 is 15.5 Å². The second-order valence-corrected chi connectivity index (χ2v) is 8.60. The zero-order valence-corrected chi connectivity index (χ0v) is 19.6. The molecule has 4 rings (SSSR count). The standard InChI is InChI=1S/C21H30ClFN4.HI/c1-24-21(25-14-9-11-27(12-10-14)15-5-2-3-6-15)26-19-13-16(19)20-17(22)7-4-8-18(20)23;/h4,7-8,14-16,19H,2-3,5-6,9-13H2,1H3,(H2,24,25,26);1H. The van der Waals surface area contributed by atoms with E-state index in [4.69, 9.17) is 11.6 Å². The third-order valence-corrected chi connectivity index (χ3v) is 6.75. The maximum atomic E-state index is 14.1. The maximum absolute atomic E-state index is 14.1. The molecule has 3 aliphatic rings. The van der Waals surface area contributed by atoms with Gasteiger partial charge in [0.15, 0.2) is 5.96 Å². The van der Waals surface area contributed by atoms with Gasteiger partial charge >= 0.3 is 0 Å². The molecule has 1 aromatic carbocycles. The Morgan fingerprint density at radius 3 is 2.50 bits per heavy atom. The number of hydrogen-bond acceptors (Lipinski definition) is 2. The van der Waals surface area contributed by atoms with Gasteiger partial charge in [-0.05, 0) is 44.2 Å². The third kappa shape index (κ3) is 5.11. The monoisotopic (exact) mass is 520 g/mol. The van der Waals surface area contributed by atoms with Crippen LogP contribution in [0.5, 0.6) is 0 Å². The van der Waals surface area contributed by atoms with Gasteiger partial charge in [0.1, 0.15) is 5.82 Å². The molecule has 156 valence electrons. The van der Waals surface area contributed by atoms with Crippen molar-refractivity contribution in [3.63, 3.8) is 0 Å². The first kappa shape index (κ1) is 22.1. The number of halogens is 3. The number of nitrogens with zero attached hydrogens (tertiary/aromatic N) is 2. The summed E-state index contributed by atoms with van der Waals surface area (Å²) in [6.07, 6.45) is 8.75. The quantitative estimate of drug-likeness (QED) is 0.348. The van der Waals surface area contributed by atoms with Crippen molar-refractivity contribution in [2.24, 2.45) is 4.99 Å². The summed E-state index contributed by atoms with van der Waals surface area (Å²) in [5, 5.41) is 7.55. The normalized spacial score (nSPS) is 26.8. The van der Waals surface area contributed by atoms with Gasteiger partial charge in [-0.15, -0.1) is 24.0 Å². The highest BCUT2D eigenvalue weighted by molar-refractivity contribution is 14.0. The third-order valence-electron chi connectivity index (χ3n) is 6.42. The fraction of sp³-hybridized carbons (Fsp3) is 0.667. The number of guanidine groups is 1. The van der Waals surface area contributed by atoms with E-state index in [1.165, 1.54) is 44.8 Å². The maximum Gasteiger partial charge on any atom is 0.191 e. The highest BCUT2D eigenvalue weighted by Crippen LogP contribution is 2.44. The molecule has 4 nitrogen and oxygen atoms in total. The highest BCUT2D eigenvalue weighted by atomic mass is 127. The van der Waals surface area contributed by atoms with Gasteiger partial charge in [-0.25, -0.2) is 4.39 Å². The van der Waals surface area contributed by atoms with Crippen LogP contribution in [0.1, 0.15) is 56.4 Å². The number of piperidine rings is 1. The fourth-order valence-electron chi connectivity index (χ4n) is 4.76. The van der Waals surface area contributed by atoms with E-state index in [0.29, 0.717) is 16.6 Å². The Bertz CT molecular complexity index is 667. The second kappa shape index (κ2) is 9.94. The molecule has 0 amide bonds. The van der Waals surface area contributed by atoms with Gasteiger partial charge in [0.25, 0.3) is 0 Å². The second-order valence-electron chi connectivity index (χ2n) is 8.19. The van der Waals surface area contributed by atoms with E-state index in [9.17, 15) is 4.39 Å². The van der Waals surface area contributed by atoms with Crippen molar-refractivity contribution in [1.82, 2.24) is 15.5 Å². The number of rotatable bonds is 4. The summed E-state index contributed by atoms with van der Waals surface area (Å²) in [5.41, 5.74) is 0.636. The van der Waals surface area contributed by atoms with Crippen LogP contribution in [0.2, 0.25) is 5.02 Å². The van der Waals surface area contributed by atoms with Crippen LogP contribution in [0.3, 0.4) is 0 Å². The summed E-state index contributed by atoms with van der Waals surface area (Å²) in [6.45, 7) is 2.35. The van der Waals surface area contributed by atoms with Crippen LogP contribution >= 0.6 is 35.6 Å². The van der Waals surface area contributed by atoms with Gasteiger partial charge in [0.2, 0.25) is 0 Å². The predicted molar refractivity (Wildman–Crippen MR) is 124 cm³/mol. The Balaban J connectivity index is 0.00000225. The molecule has 2 saturated carbocycles. The first-order valence-electron chi connectivity index (χ1n) is 10.3. The zero-order chi connectivity index (χ0) is 18.8. The van der Waals surface area contributed by atoms with Crippen molar-refractivity contribution >= 4 is 41.5 Å². The van der Waals surface area contributed by atoms with Crippen LogP contribution in [-0.4, -0.2) is 49.1 Å². The Morgan fingerprint density at radius 1 is 1.14 bits per heavy atom. The van der Waals surface area contributed by atoms with Crippen molar-refractivity contribution < 1.29 is 4.39 Å². The molecule has 2 unspecified atom stereocenters. The molecule has 28 heavy (non-hydrogen) atoms. The van der Waals surface area contributed by atoms with Crippen LogP contribution in [0.25, 0.3) is 0 Å². The number of benzene rings is 1. The summed E-state index contributed by atoms with van der Waals surface area (Å²) in [5.74, 6) is 0.745. The summed E-state index contributed by atoms with van der Waals surface area (Å²) in [6, 6.07) is 6.39. The average Bonchev–Trinajstić information content (AvgIpc) is 3.18. The fourth-order valence-corrected chi connectivity index (χ4v) is 5.06. The Hall–Kier alpha value is -0.600. The van der Waals surface area contributed by atoms with Crippen LogP contribution in [0.15, 0.2) is 23.2 Å². The van der Waals surface area contributed by atoms with Gasteiger partial charge in [-0.2, -0.15) is 0 Å². The van der Waals surface area contributed by atoms with Crippen LogP contribution in [-0.2, 0) is 0 Å². The molecule has 2 aliphatic carbocycles. The van der Waals surface area contributed by atoms with Gasteiger partial charge in [0, 0.05) is 54.8 Å². The molecular formula is C21H31ClFIN4. The molecule has 0 spiro atoms. The average molecular weight is 521 g/mol. The minimum Gasteiger partial charge on any atom is -0.354 e. The molecule has 2 N–H and O–H groups in total. The Kier molecular flexibility index (Phi) is 7.84. The van der Waals surface area contributed by atoms with E-state index in [1.54, 1.807) is 19.2 Å². The van der Waals surface area contributed by atoms with E-state index in [1.807, 2.05) is 0 Å². The largest absolute Gasteiger partial charge is 0.354 e. The highest BCUT2D eigenvalue weighted by Gasteiger charge is 2.42. The molecule has 2 atom stereocenters. The summed E-state index contributed by atoms with van der Waals surface area (Å²) in [7, 11) is 1.80. The van der Waals surface area contributed by atoms with Gasteiger partial charge in [0.05, 0.1) is 0 Å². The van der Waals surface area contributed by atoms with Crippen molar-refractivity contribution in [3.8, 4) is 0 Å². The molecular weight excluding hydrogens is 490 g/mol. The summed E-state index contributed by atoms with van der Waals surface area (Å²) >= 11 is 6.21. The van der Waals surface area contributed by atoms with Gasteiger partial charge in [-0.1, -0.05) is 30.5 Å². The van der Waals surface area contributed by atoms with Crippen LogP contribution in [0, 0.1) is 5.82 Å². The summed E-state index contributed by atoms with van der Waals surface area (Å²) in [4.78, 5) is 7.06. The molecule has 3 fully saturated rings. The Morgan fingerprint density at radius 2 is 1.86 bits per heavy atom. The van der Waals surface area contributed by atoms with Crippen LogP contribution in [0.4, 0.5) is 4.39 Å². The minimum absolute atomic E-state index is 0. The van der Waals surface area contributed by atoms with Crippen molar-refractivity contribution in [1.29, 1.82) is 0 Å². The molecule has 0 radical (unpaired) electrons. The number of likely N-dealkylation sites (tertiary alicyclic amines) is 1. The van der Waals surface area contributed by atoms with E-state index >= 15 is 0 Å². The minimum atomic E-state index is -0.209. The molecule has 1 aliphatic heterocycles. The number of hydrogen-bond donors (Lipinski definition) is 2. The molecule has 1 heterocycles. The van der Waals surface area contributed by atoms with E-state index < -0.39 is 0 Å². The molecule has 1 saturated heterocycles. The number of aliphatic imine (C=N–C) groups is 1. The Labute approximate surface area is 189 Å². The lowest BCUT2D eigenvalue weighted by molar-refractivity contribution is 0.150. The van der Waals surface area contributed by atoms with Crippen molar-refractivity contribution in [3.05, 3.63) is 34.6 Å². The summed E-state index contributed by atoms with van der Waals surface area (Å²) < 4.78 is 14.1. The SMILES string of the molecule is CN=C(NC1CCN(C2CCCC2)CC1)NC1CC1c1c(F)cccc1Cl.I. The topological polar surface area (TPSA) is 39.7 Å². The van der Waals surface area contributed by atoms with E-state index in [2.05, 4.69) is 20.5 Å². The lowest BCUT2D eigenvalue weighted by atomic mass is 10.0. The smallest absolute Gasteiger partial charge is 0.191 e. The van der Waals surface area contributed by atoms with E-state index in [-0.39, 0.29) is 41.8 Å². The predicted octanol–water partition coefficient (Wildman–Crippen LogP) is 4.53. The number of nitrogens with one attached hydrogen (secondary N) is 2. The molecule has 0 bridgehead atoms. The molecule has 1 aromatic rings. The van der Waals surface area contributed by atoms with Gasteiger partial charge in [-0.3, -0.25) is 4.99 Å².